The monoisotopic (exact) mass is 312 g/mol. The predicted octanol–water partition coefficient (Wildman–Crippen LogP) is 3.24. The van der Waals surface area contributed by atoms with Crippen LogP contribution in [0.15, 0.2) is 18.2 Å². The molecule has 1 aromatic rings. The number of hydrogen-bond acceptors (Lipinski definition) is 3. The smallest absolute Gasteiger partial charge is 0.119 e. The second-order valence-corrected chi connectivity index (χ2v) is 5.98. The number of piperidine rings is 1. The van der Waals surface area contributed by atoms with E-state index in [1.54, 1.807) is 7.11 Å². The molecule has 4 heteroatoms. The number of aryl methyl sites for hydroxylation is 1. The quantitative estimate of drug-likeness (QED) is 0.907. The highest BCUT2D eigenvalue weighted by Crippen LogP contribution is 2.24. The molecule has 0 amide bonds. The predicted molar refractivity (Wildman–Crippen MR) is 91.3 cm³/mol. The average Bonchev–Trinajstić information content (AvgIpc) is 2.48. The lowest BCUT2D eigenvalue weighted by molar-refractivity contribution is 0.154. The Labute approximate surface area is 135 Å². The van der Waals surface area contributed by atoms with Crippen LogP contribution in [0.4, 0.5) is 0 Å². The highest BCUT2D eigenvalue weighted by atomic mass is 35.5. The number of ether oxygens (including phenoxy) is 1. The zero-order chi connectivity index (χ0) is 14.5. The summed E-state index contributed by atoms with van der Waals surface area (Å²) >= 11 is 0. The van der Waals surface area contributed by atoms with Crippen molar-refractivity contribution in [2.75, 3.05) is 20.2 Å². The summed E-state index contributed by atoms with van der Waals surface area (Å²) in [5.74, 6) is 1.60. The van der Waals surface area contributed by atoms with Crippen molar-refractivity contribution in [3.8, 4) is 5.75 Å². The first-order valence-electron chi connectivity index (χ1n) is 7.77. The molecule has 0 radical (unpaired) electrons. The first kappa shape index (κ1) is 18.3. The van der Waals surface area contributed by atoms with E-state index in [2.05, 4.69) is 36.9 Å². The van der Waals surface area contributed by atoms with Crippen molar-refractivity contribution in [2.45, 2.75) is 45.7 Å². The summed E-state index contributed by atoms with van der Waals surface area (Å²) in [7, 11) is 1.73. The lowest BCUT2D eigenvalue weighted by atomic mass is 9.91. The molecule has 3 nitrogen and oxygen atoms in total. The van der Waals surface area contributed by atoms with Gasteiger partial charge in [0.2, 0.25) is 0 Å². The first-order valence-corrected chi connectivity index (χ1v) is 7.77. The Bertz CT molecular complexity index is 437. The van der Waals surface area contributed by atoms with Crippen LogP contribution in [0.5, 0.6) is 5.75 Å². The summed E-state index contributed by atoms with van der Waals surface area (Å²) in [6.07, 6.45) is 3.60. The number of nitrogens with two attached hydrogens (primary N) is 1. The van der Waals surface area contributed by atoms with Crippen LogP contribution in [0.1, 0.15) is 37.8 Å². The molecule has 120 valence electrons. The van der Waals surface area contributed by atoms with E-state index in [1.807, 2.05) is 0 Å². The summed E-state index contributed by atoms with van der Waals surface area (Å²) < 4.78 is 5.32. The molecule has 21 heavy (non-hydrogen) atoms. The normalized spacial score (nSPS) is 20.7. The molecule has 1 aromatic carbocycles. The third-order valence-corrected chi connectivity index (χ3v) is 4.47. The first-order chi connectivity index (χ1) is 9.63. The van der Waals surface area contributed by atoms with Crippen molar-refractivity contribution >= 4 is 12.4 Å². The Morgan fingerprint density at radius 3 is 2.76 bits per heavy atom. The Hall–Kier alpha value is -0.770. The maximum absolute atomic E-state index is 6.07. The summed E-state index contributed by atoms with van der Waals surface area (Å²) in [6, 6.07) is 6.76. The minimum absolute atomic E-state index is 0. The van der Waals surface area contributed by atoms with Gasteiger partial charge in [0.15, 0.2) is 0 Å². The summed E-state index contributed by atoms with van der Waals surface area (Å²) in [4.78, 5) is 2.55. The van der Waals surface area contributed by atoms with Crippen LogP contribution < -0.4 is 10.5 Å². The lowest BCUT2D eigenvalue weighted by Crippen LogP contribution is -2.42. The number of rotatable bonds is 5. The maximum atomic E-state index is 6.07. The zero-order valence-electron chi connectivity index (χ0n) is 13.5. The van der Waals surface area contributed by atoms with Crippen LogP contribution in [-0.2, 0) is 13.0 Å². The van der Waals surface area contributed by atoms with Gasteiger partial charge in [0, 0.05) is 19.1 Å². The molecule has 0 aromatic heterocycles. The van der Waals surface area contributed by atoms with E-state index < -0.39 is 0 Å². The van der Waals surface area contributed by atoms with Crippen LogP contribution in [0.3, 0.4) is 0 Å². The van der Waals surface area contributed by atoms with E-state index in [9.17, 15) is 0 Å². The molecule has 2 unspecified atom stereocenters. The molecule has 0 saturated carbocycles. The maximum Gasteiger partial charge on any atom is 0.119 e. The zero-order valence-corrected chi connectivity index (χ0v) is 14.3. The molecular weight excluding hydrogens is 284 g/mol. The third kappa shape index (κ3) is 4.87. The third-order valence-electron chi connectivity index (χ3n) is 4.47. The molecule has 1 aliphatic heterocycles. The highest BCUT2D eigenvalue weighted by Gasteiger charge is 2.23. The summed E-state index contributed by atoms with van der Waals surface area (Å²) in [5, 5.41) is 0. The fourth-order valence-corrected chi connectivity index (χ4v) is 3.12. The Balaban J connectivity index is 0.00000220. The lowest BCUT2D eigenvalue weighted by Gasteiger charge is -2.35. The molecular formula is C17H29ClN2O. The van der Waals surface area contributed by atoms with Crippen LogP contribution in [0.2, 0.25) is 0 Å². The second-order valence-electron chi connectivity index (χ2n) is 5.98. The molecule has 1 heterocycles. The fraction of sp³-hybridized carbons (Fsp3) is 0.647. The number of hydrogen-bond donors (Lipinski definition) is 1. The largest absolute Gasteiger partial charge is 0.497 e. The van der Waals surface area contributed by atoms with E-state index >= 15 is 0 Å². The van der Waals surface area contributed by atoms with Crippen molar-refractivity contribution in [1.82, 2.24) is 4.90 Å². The number of methoxy groups -OCH3 is 1. The van der Waals surface area contributed by atoms with Gasteiger partial charge >= 0.3 is 0 Å². The van der Waals surface area contributed by atoms with Gasteiger partial charge in [-0.15, -0.1) is 12.4 Å². The van der Waals surface area contributed by atoms with Gasteiger partial charge in [-0.1, -0.05) is 13.0 Å². The molecule has 0 aliphatic carbocycles. The van der Waals surface area contributed by atoms with Crippen LogP contribution in [0.25, 0.3) is 0 Å². The van der Waals surface area contributed by atoms with Crippen molar-refractivity contribution in [3.63, 3.8) is 0 Å². The van der Waals surface area contributed by atoms with Gasteiger partial charge in [0.1, 0.15) is 5.75 Å². The Morgan fingerprint density at radius 2 is 2.14 bits per heavy atom. The fourth-order valence-electron chi connectivity index (χ4n) is 3.12. The van der Waals surface area contributed by atoms with Crippen LogP contribution in [-0.4, -0.2) is 31.1 Å². The van der Waals surface area contributed by atoms with Gasteiger partial charge < -0.3 is 10.5 Å². The van der Waals surface area contributed by atoms with Gasteiger partial charge in [0.25, 0.3) is 0 Å². The average molecular weight is 313 g/mol. The van der Waals surface area contributed by atoms with E-state index in [4.69, 9.17) is 10.5 Å². The van der Waals surface area contributed by atoms with Gasteiger partial charge in [-0.3, -0.25) is 4.90 Å². The van der Waals surface area contributed by atoms with Crippen LogP contribution >= 0.6 is 12.4 Å². The minimum Gasteiger partial charge on any atom is -0.497 e. The molecule has 2 rings (SSSR count). The summed E-state index contributed by atoms with van der Waals surface area (Å²) in [6.45, 7) is 7.71. The molecule has 1 fully saturated rings. The van der Waals surface area contributed by atoms with E-state index in [-0.39, 0.29) is 12.4 Å². The SMILES string of the molecule is CCc1cc(OC)ccc1CN1CCCC(C(C)N)C1.Cl. The van der Waals surface area contributed by atoms with E-state index in [1.165, 1.54) is 30.5 Å². The number of halogens is 1. The molecule has 1 saturated heterocycles. The number of likely N-dealkylation sites (tertiary alicyclic amines) is 1. The Morgan fingerprint density at radius 1 is 1.38 bits per heavy atom. The number of benzene rings is 1. The van der Waals surface area contributed by atoms with Crippen molar-refractivity contribution in [1.29, 1.82) is 0 Å². The molecule has 0 spiro atoms. The molecule has 2 atom stereocenters. The van der Waals surface area contributed by atoms with E-state index in [0.717, 1.165) is 25.3 Å². The molecule has 2 N–H and O–H groups in total. The number of nitrogens with zero attached hydrogens (tertiary/aromatic N) is 1. The molecule has 1 aliphatic rings. The van der Waals surface area contributed by atoms with E-state index in [0.29, 0.717) is 12.0 Å². The minimum atomic E-state index is 0. The van der Waals surface area contributed by atoms with Gasteiger partial charge in [0.05, 0.1) is 7.11 Å². The van der Waals surface area contributed by atoms with Gasteiger partial charge in [-0.25, -0.2) is 0 Å². The highest BCUT2D eigenvalue weighted by molar-refractivity contribution is 5.85. The van der Waals surface area contributed by atoms with Crippen LogP contribution in [0, 0.1) is 5.92 Å². The topological polar surface area (TPSA) is 38.5 Å². The standard InChI is InChI=1S/C17H28N2O.ClH/c1-4-14-10-17(20-3)8-7-16(14)12-19-9-5-6-15(11-19)13(2)18;/h7-8,10,13,15H,4-6,9,11-12,18H2,1-3H3;1H. The van der Waals surface area contributed by atoms with Gasteiger partial charge in [-0.2, -0.15) is 0 Å². The van der Waals surface area contributed by atoms with Crippen molar-refractivity contribution in [3.05, 3.63) is 29.3 Å². The molecule has 0 bridgehead atoms. The van der Waals surface area contributed by atoms with Crippen molar-refractivity contribution in [2.24, 2.45) is 11.7 Å². The second kappa shape index (κ2) is 8.62. The van der Waals surface area contributed by atoms with Gasteiger partial charge in [-0.05, 0) is 61.9 Å². The summed E-state index contributed by atoms with van der Waals surface area (Å²) in [5.41, 5.74) is 8.90. The van der Waals surface area contributed by atoms with Crippen molar-refractivity contribution < 1.29 is 4.74 Å². The Kier molecular flexibility index (Phi) is 7.50.